The fraction of sp³-hybridized carbons (Fsp3) is 0.632. The van der Waals surface area contributed by atoms with Crippen molar-refractivity contribution in [1.82, 2.24) is 20.5 Å². The van der Waals surface area contributed by atoms with Crippen molar-refractivity contribution < 1.29 is 9.53 Å². The van der Waals surface area contributed by atoms with Crippen molar-refractivity contribution in [2.24, 2.45) is 4.99 Å². The number of rotatable bonds is 4. The summed E-state index contributed by atoms with van der Waals surface area (Å²) in [6.45, 7) is 10.1. The number of carbonyl (C=O) groups excluding carboxylic acids is 1. The molecule has 0 radical (unpaired) electrons. The minimum absolute atomic E-state index is 0. The molecule has 0 aliphatic carbocycles. The number of halogens is 1. The minimum Gasteiger partial charge on any atom is -0.444 e. The summed E-state index contributed by atoms with van der Waals surface area (Å²) in [6.07, 6.45) is 5.15. The number of ether oxygens (including phenoxy) is 1. The molecule has 0 bridgehead atoms. The SMILES string of the molecule is CN=C(NCCc1ccncc1C)N1CCC(NC(=O)OC(C)(C)C)C1.I. The van der Waals surface area contributed by atoms with Crippen LogP contribution in [-0.4, -0.2) is 60.3 Å². The number of hydrogen-bond donors (Lipinski definition) is 2. The smallest absolute Gasteiger partial charge is 0.407 e. The lowest BCUT2D eigenvalue weighted by molar-refractivity contribution is 0.0507. The zero-order chi connectivity index (χ0) is 19.2. The first-order valence-corrected chi connectivity index (χ1v) is 9.13. The van der Waals surface area contributed by atoms with Crippen LogP contribution in [0, 0.1) is 6.92 Å². The van der Waals surface area contributed by atoms with Gasteiger partial charge < -0.3 is 20.3 Å². The van der Waals surface area contributed by atoms with Crippen LogP contribution in [0.25, 0.3) is 0 Å². The second-order valence-corrected chi connectivity index (χ2v) is 7.60. The summed E-state index contributed by atoms with van der Waals surface area (Å²) in [7, 11) is 1.79. The van der Waals surface area contributed by atoms with Crippen molar-refractivity contribution in [3.63, 3.8) is 0 Å². The molecule has 0 aromatic carbocycles. The molecule has 8 heteroatoms. The minimum atomic E-state index is -0.481. The molecule has 1 amide bonds. The molecule has 1 atom stereocenters. The van der Waals surface area contributed by atoms with E-state index in [1.54, 1.807) is 7.05 Å². The Morgan fingerprint density at radius 2 is 2.19 bits per heavy atom. The molecule has 0 saturated carbocycles. The second-order valence-electron chi connectivity index (χ2n) is 7.60. The second kappa shape index (κ2) is 10.7. The molecule has 1 aromatic rings. The number of aromatic nitrogens is 1. The summed E-state index contributed by atoms with van der Waals surface area (Å²) in [5.74, 6) is 0.866. The normalized spacial score (nSPS) is 17.3. The lowest BCUT2D eigenvalue weighted by Gasteiger charge is -2.23. The molecule has 2 rings (SSSR count). The Bertz CT molecular complexity index is 645. The largest absolute Gasteiger partial charge is 0.444 e. The Morgan fingerprint density at radius 3 is 2.81 bits per heavy atom. The number of pyridine rings is 1. The van der Waals surface area contributed by atoms with Crippen molar-refractivity contribution in [2.75, 3.05) is 26.7 Å². The predicted molar refractivity (Wildman–Crippen MR) is 119 cm³/mol. The van der Waals surface area contributed by atoms with E-state index in [-0.39, 0.29) is 36.1 Å². The van der Waals surface area contributed by atoms with Gasteiger partial charge in [0, 0.05) is 39.1 Å². The molecule has 1 unspecified atom stereocenters. The highest BCUT2D eigenvalue weighted by Crippen LogP contribution is 2.12. The first-order chi connectivity index (χ1) is 12.3. The van der Waals surface area contributed by atoms with Crippen LogP contribution in [0.1, 0.15) is 38.3 Å². The van der Waals surface area contributed by atoms with Gasteiger partial charge in [-0.15, -0.1) is 24.0 Å². The van der Waals surface area contributed by atoms with Crippen LogP contribution < -0.4 is 10.6 Å². The Kier molecular flexibility index (Phi) is 9.28. The summed E-state index contributed by atoms with van der Waals surface area (Å²) in [6, 6.07) is 2.13. The number of nitrogens with one attached hydrogen (secondary N) is 2. The molecule has 1 saturated heterocycles. The van der Waals surface area contributed by atoms with Crippen molar-refractivity contribution in [3.05, 3.63) is 29.6 Å². The number of aryl methyl sites for hydroxylation is 1. The van der Waals surface area contributed by atoms with Crippen molar-refractivity contribution in [1.29, 1.82) is 0 Å². The quantitative estimate of drug-likeness (QED) is 0.387. The van der Waals surface area contributed by atoms with Gasteiger partial charge in [0.25, 0.3) is 0 Å². The average Bonchev–Trinajstić information content (AvgIpc) is 2.99. The number of likely N-dealkylation sites (tertiary alicyclic amines) is 1. The van der Waals surface area contributed by atoms with Gasteiger partial charge in [0.15, 0.2) is 5.96 Å². The molecule has 2 N–H and O–H groups in total. The van der Waals surface area contributed by atoms with Crippen LogP contribution >= 0.6 is 24.0 Å². The molecular formula is C19H32IN5O2. The van der Waals surface area contributed by atoms with Gasteiger partial charge in [0.1, 0.15) is 5.60 Å². The van der Waals surface area contributed by atoms with Crippen molar-refractivity contribution >= 4 is 36.0 Å². The third-order valence-corrected chi connectivity index (χ3v) is 4.23. The van der Waals surface area contributed by atoms with Gasteiger partial charge in [-0.25, -0.2) is 4.79 Å². The van der Waals surface area contributed by atoms with Crippen molar-refractivity contribution in [2.45, 2.75) is 52.2 Å². The van der Waals surface area contributed by atoms with E-state index in [2.05, 4.69) is 38.5 Å². The number of nitrogens with zero attached hydrogens (tertiary/aromatic N) is 3. The molecule has 1 aliphatic heterocycles. The summed E-state index contributed by atoms with van der Waals surface area (Å²) < 4.78 is 5.33. The lowest BCUT2D eigenvalue weighted by Crippen LogP contribution is -2.44. The van der Waals surface area contributed by atoms with Gasteiger partial charge in [-0.2, -0.15) is 0 Å². The van der Waals surface area contributed by atoms with E-state index in [4.69, 9.17) is 4.74 Å². The fourth-order valence-corrected chi connectivity index (χ4v) is 2.97. The lowest BCUT2D eigenvalue weighted by atomic mass is 10.1. The zero-order valence-electron chi connectivity index (χ0n) is 16.9. The Balaban J connectivity index is 0.00000364. The van der Waals surface area contributed by atoms with E-state index >= 15 is 0 Å². The van der Waals surface area contributed by atoms with Gasteiger partial charge in [-0.3, -0.25) is 9.98 Å². The van der Waals surface area contributed by atoms with E-state index in [0.29, 0.717) is 0 Å². The molecule has 1 aliphatic rings. The van der Waals surface area contributed by atoms with E-state index in [0.717, 1.165) is 38.4 Å². The first kappa shape index (κ1) is 23.5. The van der Waals surface area contributed by atoms with Crippen LogP contribution in [0.15, 0.2) is 23.5 Å². The van der Waals surface area contributed by atoms with E-state index in [1.807, 2.05) is 33.2 Å². The number of amides is 1. The summed E-state index contributed by atoms with van der Waals surface area (Å²) in [5, 5.41) is 6.35. The maximum atomic E-state index is 11.9. The van der Waals surface area contributed by atoms with Crippen LogP contribution in [0.5, 0.6) is 0 Å². The monoisotopic (exact) mass is 489 g/mol. The topological polar surface area (TPSA) is 78.9 Å². The van der Waals surface area contributed by atoms with Crippen molar-refractivity contribution in [3.8, 4) is 0 Å². The van der Waals surface area contributed by atoms with Crippen LogP contribution in [0.4, 0.5) is 4.79 Å². The van der Waals surface area contributed by atoms with Crippen LogP contribution in [0.2, 0.25) is 0 Å². The molecule has 1 fully saturated rings. The van der Waals surface area contributed by atoms with E-state index in [9.17, 15) is 4.79 Å². The maximum Gasteiger partial charge on any atom is 0.407 e. The molecule has 2 heterocycles. The molecule has 152 valence electrons. The molecular weight excluding hydrogens is 457 g/mol. The summed E-state index contributed by atoms with van der Waals surface area (Å²) >= 11 is 0. The molecule has 1 aromatic heterocycles. The van der Waals surface area contributed by atoms with E-state index in [1.165, 1.54) is 11.1 Å². The Labute approximate surface area is 179 Å². The predicted octanol–water partition coefficient (Wildman–Crippen LogP) is 2.72. The summed E-state index contributed by atoms with van der Waals surface area (Å²) in [5.41, 5.74) is 2.01. The molecule has 0 spiro atoms. The van der Waals surface area contributed by atoms with E-state index < -0.39 is 5.60 Å². The molecule has 7 nitrogen and oxygen atoms in total. The number of aliphatic imine (C=N–C) groups is 1. The summed E-state index contributed by atoms with van der Waals surface area (Å²) in [4.78, 5) is 22.6. The third kappa shape index (κ3) is 7.90. The van der Waals surface area contributed by atoms with Crippen LogP contribution in [0.3, 0.4) is 0 Å². The number of hydrogen-bond acceptors (Lipinski definition) is 4. The number of alkyl carbamates (subject to hydrolysis) is 1. The highest BCUT2D eigenvalue weighted by atomic mass is 127. The van der Waals surface area contributed by atoms with Gasteiger partial charge >= 0.3 is 6.09 Å². The third-order valence-electron chi connectivity index (χ3n) is 4.23. The Hall–Kier alpha value is -1.58. The van der Waals surface area contributed by atoms with Gasteiger partial charge in [0.2, 0.25) is 0 Å². The Morgan fingerprint density at radius 1 is 1.44 bits per heavy atom. The van der Waals surface area contributed by atoms with Gasteiger partial charge in [-0.05, 0) is 57.7 Å². The molecule has 27 heavy (non-hydrogen) atoms. The standard InChI is InChI=1S/C19H31N5O2.HI/c1-14-12-21-9-6-15(14)7-10-22-17(20-5)24-11-8-16(13-24)23-18(25)26-19(2,3)4;/h6,9,12,16H,7-8,10-11,13H2,1-5H3,(H,20,22)(H,23,25);1H. The zero-order valence-corrected chi connectivity index (χ0v) is 19.2. The highest BCUT2D eigenvalue weighted by molar-refractivity contribution is 14.0. The van der Waals surface area contributed by atoms with Gasteiger partial charge in [-0.1, -0.05) is 0 Å². The van der Waals surface area contributed by atoms with Crippen LogP contribution in [-0.2, 0) is 11.2 Å². The fourth-order valence-electron chi connectivity index (χ4n) is 2.97. The number of guanidine groups is 1. The highest BCUT2D eigenvalue weighted by Gasteiger charge is 2.27. The number of carbonyl (C=O) groups is 1. The first-order valence-electron chi connectivity index (χ1n) is 9.13. The van der Waals surface area contributed by atoms with Gasteiger partial charge in [0.05, 0.1) is 6.04 Å². The maximum absolute atomic E-state index is 11.9. The average molecular weight is 489 g/mol.